The first-order chi connectivity index (χ1) is 7.74. The van der Waals surface area contributed by atoms with E-state index in [1.165, 1.54) is 0 Å². The topological polar surface area (TPSA) is 30.4 Å². The van der Waals surface area contributed by atoms with Gasteiger partial charge in [0, 0.05) is 16.2 Å². The third-order valence-electron chi connectivity index (χ3n) is 2.53. The van der Waals surface area contributed by atoms with Gasteiger partial charge in [-0.2, -0.15) is 4.98 Å². The normalized spacial score (nSPS) is 11.1. The summed E-state index contributed by atoms with van der Waals surface area (Å²) in [5.41, 5.74) is 3.06. The molecule has 3 rings (SSSR count). The van der Waals surface area contributed by atoms with Gasteiger partial charge < -0.3 is 4.42 Å². The lowest BCUT2D eigenvalue weighted by atomic mass is 10.2. The van der Waals surface area contributed by atoms with Crippen LogP contribution in [0.15, 0.2) is 45.6 Å². The number of hydrogen-bond acceptors (Lipinski definition) is 2. The van der Waals surface area contributed by atoms with Crippen LogP contribution in [0.2, 0.25) is 0 Å². The molecule has 80 valence electrons. The minimum absolute atomic E-state index is 0.635. The highest BCUT2D eigenvalue weighted by Gasteiger charge is 2.08. The molecule has 0 aliphatic heterocycles. The zero-order valence-electron chi connectivity index (χ0n) is 8.64. The summed E-state index contributed by atoms with van der Waals surface area (Å²) in [6, 6.07) is 8.06. The van der Waals surface area contributed by atoms with Crippen molar-refractivity contribution < 1.29 is 4.42 Å². The summed E-state index contributed by atoms with van der Waals surface area (Å²) >= 11 is 3.41. The Morgan fingerprint density at radius 1 is 1.25 bits per heavy atom. The van der Waals surface area contributed by atoms with Gasteiger partial charge >= 0.3 is 5.84 Å². The van der Waals surface area contributed by atoms with Gasteiger partial charge in [0.25, 0.3) is 0 Å². The number of aromatic nitrogens is 2. The van der Waals surface area contributed by atoms with E-state index in [4.69, 9.17) is 4.42 Å². The van der Waals surface area contributed by atoms with Crippen LogP contribution in [-0.2, 0) is 0 Å². The highest BCUT2D eigenvalue weighted by molar-refractivity contribution is 9.10. The van der Waals surface area contributed by atoms with Gasteiger partial charge in [0.15, 0.2) is 0 Å². The Morgan fingerprint density at radius 3 is 2.69 bits per heavy atom. The quantitative estimate of drug-likeness (QED) is 0.679. The Labute approximate surface area is 101 Å². The van der Waals surface area contributed by atoms with Crippen molar-refractivity contribution in [3.63, 3.8) is 0 Å². The summed E-state index contributed by atoms with van der Waals surface area (Å²) in [7, 11) is 0. The van der Waals surface area contributed by atoms with E-state index < -0.39 is 0 Å². The van der Waals surface area contributed by atoms with Crippen LogP contribution in [-0.4, -0.2) is 9.38 Å². The first-order valence-corrected chi connectivity index (χ1v) is 5.72. The molecule has 0 N–H and O–H groups in total. The van der Waals surface area contributed by atoms with Crippen LogP contribution in [0.3, 0.4) is 0 Å². The summed E-state index contributed by atoms with van der Waals surface area (Å²) in [4.78, 5) is 4.41. The zero-order chi connectivity index (χ0) is 11.1. The van der Waals surface area contributed by atoms with E-state index in [1.54, 1.807) is 6.26 Å². The fourth-order valence-electron chi connectivity index (χ4n) is 1.65. The molecule has 0 atom stereocenters. The number of hydrogen-bond donors (Lipinski definition) is 0. The molecule has 1 aromatic carbocycles. The summed E-state index contributed by atoms with van der Waals surface area (Å²) in [6.45, 7) is 1.99. The third-order valence-corrected chi connectivity index (χ3v) is 3.06. The summed E-state index contributed by atoms with van der Waals surface area (Å²) in [5.74, 6) is 0.635. The van der Waals surface area contributed by atoms with Gasteiger partial charge in [-0.3, -0.25) is 4.40 Å². The second kappa shape index (κ2) is 3.49. The molecule has 3 nitrogen and oxygen atoms in total. The largest absolute Gasteiger partial charge is 0.431 e. The van der Waals surface area contributed by atoms with Crippen molar-refractivity contribution in [2.45, 2.75) is 6.92 Å². The van der Waals surface area contributed by atoms with Crippen LogP contribution >= 0.6 is 15.9 Å². The number of nitrogens with zero attached hydrogens (tertiary/aromatic N) is 2. The van der Waals surface area contributed by atoms with E-state index in [-0.39, 0.29) is 0 Å². The average molecular weight is 277 g/mol. The number of oxazole rings is 1. The molecule has 0 bridgehead atoms. The number of aryl methyl sites for hydroxylation is 1. The van der Waals surface area contributed by atoms with Gasteiger partial charge in [-0.25, -0.2) is 0 Å². The summed E-state index contributed by atoms with van der Waals surface area (Å²) in [6.07, 6.45) is 3.69. The smallest absolute Gasteiger partial charge is 0.306 e. The molecule has 4 heteroatoms. The van der Waals surface area contributed by atoms with E-state index >= 15 is 0 Å². The van der Waals surface area contributed by atoms with Crippen LogP contribution < -0.4 is 0 Å². The number of imidazole rings is 1. The van der Waals surface area contributed by atoms with Crippen molar-refractivity contribution in [1.82, 2.24) is 9.38 Å². The molecule has 2 aromatic heterocycles. The molecular weight excluding hydrogens is 268 g/mol. The van der Waals surface area contributed by atoms with Gasteiger partial charge in [0.2, 0.25) is 0 Å². The molecule has 0 saturated carbocycles. The lowest BCUT2D eigenvalue weighted by molar-refractivity contribution is 0.595. The predicted octanol–water partition coefficient (Wildman–Crippen LogP) is 3.67. The number of fused-ring (bicyclic) bond motifs is 1. The number of halogens is 1. The molecule has 0 fully saturated rings. The summed E-state index contributed by atoms with van der Waals surface area (Å²) in [5, 5.41) is 0. The molecule has 0 aliphatic rings. The maximum absolute atomic E-state index is 5.32. The highest BCUT2D eigenvalue weighted by atomic mass is 79.9. The minimum Gasteiger partial charge on any atom is -0.431 e. The Hall–Kier alpha value is -1.55. The van der Waals surface area contributed by atoms with Crippen molar-refractivity contribution in [2.75, 3.05) is 0 Å². The zero-order valence-corrected chi connectivity index (χ0v) is 10.2. The van der Waals surface area contributed by atoms with Crippen LogP contribution in [0.25, 0.3) is 17.1 Å². The third kappa shape index (κ3) is 1.46. The second-order valence-electron chi connectivity index (χ2n) is 3.66. The molecule has 0 amide bonds. The molecular formula is C12H9BrN2O. The van der Waals surface area contributed by atoms with Crippen molar-refractivity contribution in [2.24, 2.45) is 0 Å². The highest BCUT2D eigenvalue weighted by Crippen LogP contribution is 2.22. The van der Waals surface area contributed by atoms with Crippen molar-refractivity contribution >= 4 is 21.8 Å². The Bertz CT molecular complexity index is 637. The maximum Gasteiger partial charge on any atom is 0.306 e. The van der Waals surface area contributed by atoms with E-state index in [0.717, 1.165) is 21.4 Å². The summed E-state index contributed by atoms with van der Waals surface area (Å²) < 4.78 is 8.32. The van der Waals surface area contributed by atoms with Gasteiger partial charge in [-0.05, 0) is 19.1 Å². The molecule has 0 saturated heterocycles. The van der Waals surface area contributed by atoms with E-state index in [2.05, 4.69) is 20.9 Å². The first kappa shape index (κ1) is 9.66. The average Bonchev–Trinajstić information content (AvgIpc) is 2.83. The van der Waals surface area contributed by atoms with E-state index in [9.17, 15) is 0 Å². The van der Waals surface area contributed by atoms with Crippen LogP contribution in [0, 0.1) is 6.92 Å². The number of benzene rings is 1. The molecule has 16 heavy (non-hydrogen) atoms. The SMILES string of the molecule is Cc1coc2nc(-c3ccc(Br)cc3)cn12. The van der Waals surface area contributed by atoms with Gasteiger partial charge in [0.1, 0.15) is 6.26 Å². The maximum atomic E-state index is 5.32. The first-order valence-electron chi connectivity index (χ1n) is 4.93. The fourth-order valence-corrected chi connectivity index (χ4v) is 1.92. The van der Waals surface area contributed by atoms with Gasteiger partial charge in [-0.1, -0.05) is 28.1 Å². The Morgan fingerprint density at radius 2 is 2.00 bits per heavy atom. The van der Waals surface area contributed by atoms with Crippen LogP contribution in [0.5, 0.6) is 0 Å². The monoisotopic (exact) mass is 276 g/mol. The number of rotatable bonds is 1. The Kier molecular flexibility index (Phi) is 2.11. The second-order valence-corrected chi connectivity index (χ2v) is 4.58. The van der Waals surface area contributed by atoms with Gasteiger partial charge in [-0.15, -0.1) is 0 Å². The van der Waals surface area contributed by atoms with Crippen molar-refractivity contribution in [3.05, 3.63) is 46.9 Å². The Balaban J connectivity index is 2.15. The lowest BCUT2D eigenvalue weighted by Crippen LogP contribution is -1.78. The lowest BCUT2D eigenvalue weighted by Gasteiger charge is -1.95. The molecule has 2 heterocycles. The van der Waals surface area contributed by atoms with Crippen molar-refractivity contribution in [1.29, 1.82) is 0 Å². The standard InChI is InChI=1S/C12H9BrN2O/c1-8-7-16-12-14-11(6-15(8)12)9-2-4-10(13)5-3-9/h2-7H,1H3. The molecule has 0 radical (unpaired) electrons. The predicted molar refractivity (Wildman–Crippen MR) is 65.3 cm³/mol. The molecule has 0 spiro atoms. The fraction of sp³-hybridized carbons (Fsp3) is 0.0833. The molecule has 3 aromatic rings. The van der Waals surface area contributed by atoms with E-state index in [0.29, 0.717) is 5.84 Å². The van der Waals surface area contributed by atoms with Crippen LogP contribution in [0.1, 0.15) is 5.69 Å². The van der Waals surface area contributed by atoms with E-state index in [1.807, 2.05) is 41.8 Å². The van der Waals surface area contributed by atoms with Gasteiger partial charge in [0.05, 0.1) is 11.4 Å². The minimum atomic E-state index is 0.635. The van der Waals surface area contributed by atoms with Crippen LogP contribution in [0.4, 0.5) is 0 Å². The molecule has 0 unspecified atom stereocenters. The van der Waals surface area contributed by atoms with Crippen molar-refractivity contribution in [3.8, 4) is 11.3 Å². The molecule has 0 aliphatic carbocycles.